The maximum Gasteiger partial charge on any atom is 0.303 e. The molecule has 3 nitrogen and oxygen atoms in total. The predicted octanol–water partition coefficient (Wildman–Crippen LogP) is 2.01. The van der Waals surface area contributed by atoms with Crippen molar-refractivity contribution in [2.24, 2.45) is 17.1 Å². The van der Waals surface area contributed by atoms with E-state index in [9.17, 15) is 4.79 Å². The van der Waals surface area contributed by atoms with E-state index in [4.69, 9.17) is 10.8 Å². The van der Waals surface area contributed by atoms with Gasteiger partial charge in [-0.1, -0.05) is 13.3 Å². The Hall–Kier alpha value is -0.570. The molecule has 3 N–H and O–H groups in total. The summed E-state index contributed by atoms with van der Waals surface area (Å²) < 4.78 is 0. The first kappa shape index (κ1) is 11.5. The highest BCUT2D eigenvalue weighted by molar-refractivity contribution is 5.67. The van der Waals surface area contributed by atoms with E-state index >= 15 is 0 Å². The van der Waals surface area contributed by atoms with Crippen molar-refractivity contribution < 1.29 is 9.90 Å². The van der Waals surface area contributed by atoms with Gasteiger partial charge < -0.3 is 10.8 Å². The largest absolute Gasteiger partial charge is 0.481 e. The van der Waals surface area contributed by atoms with Crippen molar-refractivity contribution in [1.82, 2.24) is 0 Å². The molecule has 3 heteroatoms. The molecule has 0 aromatic carbocycles. The number of carbonyl (C=O) groups is 1. The molecule has 14 heavy (non-hydrogen) atoms. The van der Waals surface area contributed by atoms with E-state index < -0.39 is 5.97 Å². The van der Waals surface area contributed by atoms with Gasteiger partial charge >= 0.3 is 5.97 Å². The summed E-state index contributed by atoms with van der Waals surface area (Å²) in [6.07, 6.45) is 5.76. The van der Waals surface area contributed by atoms with Gasteiger partial charge in [0.05, 0.1) is 6.42 Å². The van der Waals surface area contributed by atoms with E-state index in [1.165, 1.54) is 6.42 Å². The van der Waals surface area contributed by atoms with Crippen LogP contribution in [0.15, 0.2) is 0 Å². The first-order valence-corrected chi connectivity index (χ1v) is 5.54. The summed E-state index contributed by atoms with van der Waals surface area (Å²) in [4.78, 5) is 10.7. The molecular formula is C11H21NO2. The zero-order valence-corrected chi connectivity index (χ0v) is 8.96. The molecule has 0 atom stereocenters. The summed E-state index contributed by atoms with van der Waals surface area (Å²) >= 11 is 0. The van der Waals surface area contributed by atoms with Crippen molar-refractivity contribution in [3.05, 3.63) is 0 Å². The topological polar surface area (TPSA) is 63.3 Å². The fraction of sp³-hybridized carbons (Fsp3) is 0.909. The monoisotopic (exact) mass is 199 g/mol. The van der Waals surface area contributed by atoms with E-state index in [1.54, 1.807) is 0 Å². The fourth-order valence-electron chi connectivity index (χ4n) is 2.47. The quantitative estimate of drug-likeness (QED) is 0.728. The third kappa shape index (κ3) is 2.71. The summed E-state index contributed by atoms with van der Waals surface area (Å²) in [6.45, 7) is 2.73. The average Bonchev–Trinajstić information content (AvgIpc) is 2.18. The van der Waals surface area contributed by atoms with Crippen LogP contribution in [0.4, 0.5) is 0 Å². The minimum Gasteiger partial charge on any atom is -0.481 e. The number of carboxylic acids is 1. The number of aliphatic carboxylic acids is 1. The molecule has 0 saturated heterocycles. The van der Waals surface area contributed by atoms with Gasteiger partial charge in [0.1, 0.15) is 0 Å². The van der Waals surface area contributed by atoms with Crippen molar-refractivity contribution in [3.63, 3.8) is 0 Å². The Morgan fingerprint density at radius 3 is 2.43 bits per heavy atom. The van der Waals surface area contributed by atoms with Gasteiger partial charge in [0.2, 0.25) is 0 Å². The third-order valence-corrected chi connectivity index (χ3v) is 3.70. The first-order chi connectivity index (χ1) is 6.62. The van der Waals surface area contributed by atoms with Crippen LogP contribution in [0.25, 0.3) is 0 Å². The number of hydrogen-bond donors (Lipinski definition) is 2. The molecule has 1 rings (SSSR count). The molecule has 1 aliphatic carbocycles. The van der Waals surface area contributed by atoms with Crippen molar-refractivity contribution in [2.45, 2.75) is 45.4 Å². The summed E-state index contributed by atoms with van der Waals surface area (Å²) in [5.74, 6) is 0.0915. The molecule has 0 bridgehead atoms. The molecule has 0 amide bonds. The maximum atomic E-state index is 10.7. The van der Waals surface area contributed by atoms with Crippen molar-refractivity contribution in [1.29, 1.82) is 0 Å². The second-order valence-corrected chi connectivity index (χ2v) is 4.63. The molecule has 82 valence electrons. The summed E-state index contributed by atoms with van der Waals surface area (Å²) in [5.41, 5.74) is 5.61. The SMILES string of the molecule is CCC1CCC(CN)(CC(=O)O)CC1. The van der Waals surface area contributed by atoms with Gasteiger partial charge in [-0.3, -0.25) is 4.79 Å². The Labute approximate surface area is 85.7 Å². The molecule has 0 radical (unpaired) electrons. The van der Waals surface area contributed by atoms with Crippen LogP contribution in [-0.4, -0.2) is 17.6 Å². The maximum absolute atomic E-state index is 10.7. The summed E-state index contributed by atoms with van der Waals surface area (Å²) in [6, 6.07) is 0. The zero-order valence-electron chi connectivity index (χ0n) is 8.96. The minimum atomic E-state index is -0.703. The predicted molar refractivity (Wildman–Crippen MR) is 56.0 cm³/mol. The van der Waals surface area contributed by atoms with Gasteiger partial charge in [0.25, 0.3) is 0 Å². The van der Waals surface area contributed by atoms with Crippen LogP contribution in [0, 0.1) is 11.3 Å². The molecule has 0 aliphatic heterocycles. The molecule has 0 aromatic heterocycles. The van der Waals surface area contributed by atoms with Gasteiger partial charge in [-0.15, -0.1) is 0 Å². The van der Waals surface area contributed by atoms with Crippen LogP contribution in [0.5, 0.6) is 0 Å². The van der Waals surface area contributed by atoms with Crippen LogP contribution >= 0.6 is 0 Å². The lowest BCUT2D eigenvalue weighted by atomic mass is 9.68. The number of nitrogens with two attached hydrogens (primary N) is 1. The Morgan fingerprint density at radius 1 is 1.50 bits per heavy atom. The van der Waals surface area contributed by atoms with Gasteiger partial charge in [-0.2, -0.15) is 0 Å². The molecule has 0 spiro atoms. The average molecular weight is 199 g/mol. The molecule has 1 fully saturated rings. The highest BCUT2D eigenvalue weighted by Crippen LogP contribution is 2.41. The lowest BCUT2D eigenvalue weighted by Gasteiger charge is -2.38. The molecule has 0 unspecified atom stereocenters. The van der Waals surface area contributed by atoms with E-state index in [1.807, 2.05) is 0 Å². The van der Waals surface area contributed by atoms with Crippen LogP contribution in [0.1, 0.15) is 45.4 Å². The highest BCUT2D eigenvalue weighted by atomic mass is 16.4. The Kier molecular flexibility index (Phi) is 3.93. The lowest BCUT2D eigenvalue weighted by Crippen LogP contribution is -2.36. The first-order valence-electron chi connectivity index (χ1n) is 5.54. The van der Waals surface area contributed by atoms with Crippen molar-refractivity contribution in [3.8, 4) is 0 Å². The number of rotatable bonds is 4. The molecule has 1 saturated carbocycles. The van der Waals surface area contributed by atoms with Crippen molar-refractivity contribution in [2.75, 3.05) is 6.54 Å². The molecule has 0 aromatic rings. The van der Waals surface area contributed by atoms with Gasteiger partial charge in [-0.05, 0) is 43.6 Å². The van der Waals surface area contributed by atoms with Gasteiger partial charge in [-0.25, -0.2) is 0 Å². The van der Waals surface area contributed by atoms with Crippen LogP contribution in [-0.2, 0) is 4.79 Å². The summed E-state index contributed by atoms with van der Waals surface area (Å²) in [7, 11) is 0. The second-order valence-electron chi connectivity index (χ2n) is 4.63. The summed E-state index contributed by atoms with van der Waals surface area (Å²) in [5, 5.41) is 8.83. The van der Waals surface area contributed by atoms with Crippen molar-refractivity contribution >= 4 is 5.97 Å². The normalized spacial score (nSPS) is 32.9. The van der Waals surface area contributed by atoms with Crippen LogP contribution in [0.2, 0.25) is 0 Å². The van der Waals surface area contributed by atoms with Gasteiger partial charge in [0.15, 0.2) is 0 Å². The Bertz CT molecular complexity index is 195. The standard InChI is InChI=1S/C11H21NO2/c1-2-9-3-5-11(8-12,6-4-9)7-10(13)14/h9H,2-8,12H2,1H3,(H,13,14). The zero-order chi connectivity index (χ0) is 10.6. The molecular weight excluding hydrogens is 178 g/mol. The third-order valence-electron chi connectivity index (χ3n) is 3.70. The fourth-order valence-corrected chi connectivity index (χ4v) is 2.47. The lowest BCUT2D eigenvalue weighted by molar-refractivity contribution is -0.140. The molecule has 0 heterocycles. The van der Waals surface area contributed by atoms with Crippen LogP contribution < -0.4 is 5.73 Å². The van der Waals surface area contributed by atoms with E-state index in [-0.39, 0.29) is 11.8 Å². The van der Waals surface area contributed by atoms with Crippen LogP contribution in [0.3, 0.4) is 0 Å². The highest BCUT2D eigenvalue weighted by Gasteiger charge is 2.35. The van der Waals surface area contributed by atoms with E-state index in [0.29, 0.717) is 6.54 Å². The Morgan fingerprint density at radius 2 is 2.07 bits per heavy atom. The van der Waals surface area contributed by atoms with E-state index in [0.717, 1.165) is 31.6 Å². The smallest absolute Gasteiger partial charge is 0.303 e. The molecule has 1 aliphatic rings. The number of carboxylic acid groups (broad SMARTS) is 1. The second kappa shape index (κ2) is 4.78. The van der Waals surface area contributed by atoms with E-state index in [2.05, 4.69) is 6.92 Å². The Balaban J connectivity index is 2.52. The number of hydrogen-bond acceptors (Lipinski definition) is 2. The minimum absolute atomic E-state index is 0.0997. The van der Waals surface area contributed by atoms with Gasteiger partial charge in [0, 0.05) is 0 Å².